The smallest absolute Gasteiger partial charge is 0.243 e. The maximum atomic E-state index is 12.2. The Morgan fingerprint density at radius 3 is 2.50 bits per heavy atom. The Balaban J connectivity index is 2.40. The normalized spacial score (nSPS) is 12.4. The highest BCUT2D eigenvalue weighted by Crippen LogP contribution is 2.23. The average molecular weight is 289 g/mol. The van der Waals surface area contributed by atoms with E-state index in [2.05, 4.69) is 10.3 Å². The number of imidazole rings is 1. The van der Waals surface area contributed by atoms with Gasteiger partial charge in [-0.1, -0.05) is 30.3 Å². The number of hydrogen-bond acceptors (Lipinski definition) is 2. The van der Waals surface area contributed by atoms with Gasteiger partial charge in [0.05, 0.1) is 5.69 Å². The molecule has 1 aromatic carbocycles. The van der Waals surface area contributed by atoms with Crippen molar-refractivity contribution in [3.8, 4) is 11.3 Å². The van der Waals surface area contributed by atoms with Crippen LogP contribution in [0.4, 0.5) is 0 Å². The van der Waals surface area contributed by atoms with Crippen molar-refractivity contribution in [2.75, 3.05) is 0 Å². The van der Waals surface area contributed by atoms with Gasteiger partial charge in [0.2, 0.25) is 5.91 Å². The number of rotatable bonds is 4. The van der Waals surface area contributed by atoms with Crippen molar-refractivity contribution >= 4 is 18.1 Å². The summed E-state index contributed by atoms with van der Waals surface area (Å²) in [5, 5.41) is 2.92. The molecule has 0 saturated carbocycles. The molecule has 4 nitrogen and oxygen atoms in total. The highest BCUT2D eigenvalue weighted by molar-refractivity contribution is 7.71. The number of nitrogens with zero attached hydrogens (tertiary/aromatic N) is 1. The summed E-state index contributed by atoms with van der Waals surface area (Å²) in [6.07, 6.45) is 1.84. The van der Waals surface area contributed by atoms with E-state index in [1.54, 1.807) is 0 Å². The molecule has 106 valence electrons. The van der Waals surface area contributed by atoms with Crippen LogP contribution in [0, 0.1) is 4.77 Å². The molecule has 5 heteroatoms. The number of aromatic nitrogens is 2. The molecule has 1 amide bonds. The first-order valence-electron chi connectivity index (χ1n) is 6.66. The Labute approximate surface area is 123 Å². The van der Waals surface area contributed by atoms with Gasteiger partial charge in [0.1, 0.15) is 6.04 Å². The number of H-pyrrole nitrogens is 1. The predicted octanol–water partition coefficient (Wildman–Crippen LogP) is 3.30. The summed E-state index contributed by atoms with van der Waals surface area (Å²) in [6.45, 7) is 5.74. The van der Waals surface area contributed by atoms with E-state index < -0.39 is 0 Å². The fraction of sp³-hybridized carbons (Fsp3) is 0.333. The molecule has 1 unspecified atom stereocenters. The largest absolute Gasteiger partial charge is 0.352 e. The minimum Gasteiger partial charge on any atom is -0.352 e. The molecule has 20 heavy (non-hydrogen) atoms. The molecule has 2 N–H and O–H groups in total. The second-order valence-electron chi connectivity index (χ2n) is 5.05. The second kappa shape index (κ2) is 6.05. The van der Waals surface area contributed by atoms with Gasteiger partial charge in [-0.2, -0.15) is 0 Å². The Morgan fingerprint density at radius 1 is 1.25 bits per heavy atom. The molecule has 0 aliphatic rings. The van der Waals surface area contributed by atoms with Crippen molar-refractivity contribution in [1.82, 2.24) is 14.9 Å². The zero-order valence-corrected chi connectivity index (χ0v) is 12.7. The molecule has 1 atom stereocenters. The van der Waals surface area contributed by atoms with Crippen LogP contribution < -0.4 is 5.32 Å². The van der Waals surface area contributed by atoms with E-state index in [4.69, 9.17) is 12.2 Å². The van der Waals surface area contributed by atoms with Crippen molar-refractivity contribution in [3.05, 3.63) is 41.3 Å². The molecular weight excluding hydrogens is 270 g/mol. The lowest BCUT2D eigenvalue weighted by Gasteiger charge is -2.18. The van der Waals surface area contributed by atoms with Crippen molar-refractivity contribution in [3.63, 3.8) is 0 Å². The Bertz CT molecular complexity index is 643. The number of hydrogen-bond donors (Lipinski definition) is 2. The third kappa shape index (κ3) is 2.99. The summed E-state index contributed by atoms with van der Waals surface area (Å²) in [4.78, 5) is 15.2. The van der Waals surface area contributed by atoms with Crippen LogP contribution in [0.15, 0.2) is 36.5 Å². The van der Waals surface area contributed by atoms with Gasteiger partial charge in [0, 0.05) is 12.2 Å². The van der Waals surface area contributed by atoms with E-state index in [1.807, 2.05) is 61.9 Å². The molecule has 0 aliphatic carbocycles. The third-order valence-electron chi connectivity index (χ3n) is 3.08. The van der Waals surface area contributed by atoms with Crippen LogP contribution in [-0.2, 0) is 4.79 Å². The molecule has 0 saturated heterocycles. The van der Waals surface area contributed by atoms with E-state index >= 15 is 0 Å². The topological polar surface area (TPSA) is 49.8 Å². The van der Waals surface area contributed by atoms with Crippen LogP contribution >= 0.6 is 12.2 Å². The lowest BCUT2D eigenvalue weighted by molar-refractivity contribution is -0.124. The van der Waals surface area contributed by atoms with Crippen LogP contribution in [0.3, 0.4) is 0 Å². The number of benzene rings is 1. The summed E-state index contributed by atoms with van der Waals surface area (Å²) in [5.41, 5.74) is 1.95. The van der Waals surface area contributed by atoms with Crippen LogP contribution in [0.1, 0.15) is 26.8 Å². The fourth-order valence-electron chi connectivity index (χ4n) is 2.12. The molecule has 0 fully saturated rings. The van der Waals surface area contributed by atoms with Gasteiger partial charge in [0.15, 0.2) is 4.77 Å². The average Bonchev–Trinajstić information content (AvgIpc) is 2.80. The SMILES string of the molecule is CC(C)NC(=O)C(C)n1c(-c2ccccc2)c[nH]c1=S. The number of amides is 1. The lowest BCUT2D eigenvalue weighted by atomic mass is 10.1. The zero-order chi connectivity index (χ0) is 14.7. The van der Waals surface area contributed by atoms with E-state index in [0.717, 1.165) is 11.3 Å². The minimum atomic E-state index is -0.355. The molecule has 1 aromatic heterocycles. The van der Waals surface area contributed by atoms with Crippen LogP contribution in [-0.4, -0.2) is 21.5 Å². The minimum absolute atomic E-state index is 0.0344. The highest BCUT2D eigenvalue weighted by atomic mass is 32.1. The van der Waals surface area contributed by atoms with Crippen LogP contribution in [0.2, 0.25) is 0 Å². The quantitative estimate of drug-likeness (QED) is 0.849. The predicted molar refractivity (Wildman–Crippen MR) is 83.0 cm³/mol. The van der Waals surface area contributed by atoms with Gasteiger partial charge < -0.3 is 14.9 Å². The van der Waals surface area contributed by atoms with Gasteiger partial charge in [-0.15, -0.1) is 0 Å². The van der Waals surface area contributed by atoms with Gasteiger partial charge in [-0.05, 0) is 38.6 Å². The first-order valence-corrected chi connectivity index (χ1v) is 7.07. The standard InChI is InChI=1S/C15H19N3OS/c1-10(2)17-14(19)11(3)18-13(9-16-15(18)20)12-7-5-4-6-8-12/h4-11H,1-3H3,(H,16,20)(H,17,19). The molecule has 1 heterocycles. The summed E-state index contributed by atoms with van der Waals surface area (Å²) >= 11 is 5.31. The van der Waals surface area contributed by atoms with Crippen LogP contribution in [0.25, 0.3) is 11.3 Å². The Kier molecular flexibility index (Phi) is 4.39. The highest BCUT2D eigenvalue weighted by Gasteiger charge is 2.19. The molecule has 0 bridgehead atoms. The van der Waals surface area contributed by atoms with E-state index in [-0.39, 0.29) is 18.0 Å². The van der Waals surface area contributed by atoms with Gasteiger partial charge in [-0.25, -0.2) is 0 Å². The van der Waals surface area contributed by atoms with Crippen molar-refractivity contribution in [1.29, 1.82) is 0 Å². The van der Waals surface area contributed by atoms with E-state index in [9.17, 15) is 4.79 Å². The summed E-state index contributed by atoms with van der Waals surface area (Å²) in [5.74, 6) is -0.0344. The third-order valence-corrected chi connectivity index (χ3v) is 3.39. The van der Waals surface area contributed by atoms with E-state index in [0.29, 0.717) is 4.77 Å². The summed E-state index contributed by atoms with van der Waals surface area (Å²) in [7, 11) is 0. The molecule has 2 aromatic rings. The van der Waals surface area contributed by atoms with Crippen molar-refractivity contribution in [2.45, 2.75) is 32.9 Å². The fourth-order valence-corrected chi connectivity index (χ4v) is 2.43. The van der Waals surface area contributed by atoms with Gasteiger partial charge in [0.25, 0.3) is 0 Å². The molecule has 0 aliphatic heterocycles. The number of carbonyl (C=O) groups excluding carboxylic acids is 1. The number of carbonyl (C=O) groups is 1. The summed E-state index contributed by atoms with van der Waals surface area (Å²) in [6, 6.07) is 9.65. The lowest BCUT2D eigenvalue weighted by Crippen LogP contribution is -2.35. The summed E-state index contributed by atoms with van der Waals surface area (Å²) < 4.78 is 2.40. The second-order valence-corrected chi connectivity index (χ2v) is 5.44. The van der Waals surface area contributed by atoms with E-state index in [1.165, 1.54) is 0 Å². The maximum absolute atomic E-state index is 12.2. The van der Waals surface area contributed by atoms with Gasteiger partial charge >= 0.3 is 0 Å². The molecule has 0 radical (unpaired) electrons. The Hall–Kier alpha value is -1.88. The number of nitrogens with one attached hydrogen (secondary N) is 2. The van der Waals surface area contributed by atoms with Crippen LogP contribution in [0.5, 0.6) is 0 Å². The first kappa shape index (κ1) is 14.5. The van der Waals surface area contributed by atoms with Gasteiger partial charge in [-0.3, -0.25) is 4.79 Å². The van der Waals surface area contributed by atoms with Crippen molar-refractivity contribution < 1.29 is 4.79 Å². The first-order chi connectivity index (χ1) is 9.50. The Morgan fingerprint density at radius 2 is 1.90 bits per heavy atom. The maximum Gasteiger partial charge on any atom is 0.243 e. The zero-order valence-electron chi connectivity index (χ0n) is 11.9. The molecule has 2 rings (SSSR count). The molecule has 0 spiro atoms. The monoisotopic (exact) mass is 289 g/mol. The van der Waals surface area contributed by atoms with Crippen molar-refractivity contribution in [2.24, 2.45) is 0 Å². The molecular formula is C15H19N3OS. The number of aromatic amines is 1.